The van der Waals surface area contributed by atoms with Crippen molar-refractivity contribution in [3.8, 4) is 11.5 Å². The first-order chi connectivity index (χ1) is 14.1. The smallest absolute Gasteiger partial charge is 0.293 e. The molecule has 0 spiro atoms. The van der Waals surface area contributed by atoms with Crippen molar-refractivity contribution in [1.29, 1.82) is 0 Å². The van der Waals surface area contributed by atoms with Crippen molar-refractivity contribution in [2.75, 3.05) is 5.32 Å². The van der Waals surface area contributed by atoms with Gasteiger partial charge in [0.25, 0.3) is 5.91 Å². The molecule has 4 rings (SSSR count). The molecule has 0 unspecified atom stereocenters. The Balaban J connectivity index is 1.41. The van der Waals surface area contributed by atoms with Crippen LogP contribution in [0.4, 0.5) is 5.69 Å². The molecule has 3 aromatic carbocycles. The van der Waals surface area contributed by atoms with Gasteiger partial charge in [-0.2, -0.15) is 0 Å². The lowest BCUT2D eigenvalue weighted by Crippen LogP contribution is -2.33. The van der Waals surface area contributed by atoms with Crippen LogP contribution in [-0.4, -0.2) is 11.0 Å². The van der Waals surface area contributed by atoms with Crippen LogP contribution in [0.1, 0.15) is 10.6 Å². The molecule has 0 radical (unpaired) electrons. The van der Waals surface area contributed by atoms with Crippen LogP contribution in [0.5, 0.6) is 11.5 Å². The van der Waals surface area contributed by atoms with Gasteiger partial charge in [-0.1, -0.05) is 35.9 Å². The Morgan fingerprint density at radius 3 is 2.55 bits per heavy atom. The second kappa shape index (κ2) is 8.34. The van der Waals surface area contributed by atoms with Crippen molar-refractivity contribution in [2.45, 2.75) is 0 Å². The number of hydrogen-bond donors (Lipinski definition) is 2. The van der Waals surface area contributed by atoms with Gasteiger partial charge < -0.3 is 14.5 Å². The van der Waals surface area contributed by atoms with Crippen LogP contribution in [0.2, 0.25) is 5.02 Å². The fourth-order valence-electron chi connectivity index (χ4n) is 2.72. The van der Waals surface area contributed by atoms with Crippen LogP contribution in [0.3, 0.4) is 0 Å². The minimum absolute atomic E-state index is 0.144. The molecular formula is C22H15ClN2O3S. The number of fused-ring (bicyclic) bond motifs is 1. The Morgan fingerprint density at radius 1 is 0.931 bits per heavy atom. The maximum absolute atomic E-state index is 12.4. The third-order valence-electron chi connectivity index (χ3n) is 4.00. The molecule has 0 fully saturated rings. The van der Waals surface area contributed by atoms with Gasteiger partial charge in [-0.05, 0) is 60.7 Å². The average molecular weight is 423 g/mol. The highest BCUT2D eigenvalue weighted by molar-refractivity contribution is 7.80. The molecule has 0 aliphatic carbocycles. The predicted octanol–water partition coefficient (Wildman–Crippen LogP) is 6.01. The summed E-state index contributed by atoms with van der Waals surface area (Å²) in [6.07, 6.45) is 0. The van der Waals surface area contributed by atoms with Crippen molar-refractivity contribution in [2.24, 2.45) is 0 Å². The molecule has 4 aromatic rings. The molecule has 1 amide bonds. The summed E-state index contributed by atoms with van der Waals surface area (Å²) in [5.41, 5.74) is 1.25. The van der Waals surface area contributed by atoms with E-state index in [9.17, 15) is 4.79 Å². The van der Waals surface area contributed by atoms with E-state index in [4.69, 9.17) is 33.0 Å². The molecule has 0 aliphatic rings. The number of halogens is 1. The quantitative estimate of drug-likeness (QED) is 0.394. The highest BCUT2D eigenvalue weighted by Crippen LogP contribution is 2.24. The molecule has 0 saturated heterocycles. The number of furan rings is 1. The van der Waals surface area contributed by atoms with Crippen molar-refractivity contribution in [3.05, 3.63) is 89.6 Å². The molecule has 2 N–H and O–H groups in total. The van der Waals surface area contributed by atoms with E-state index in [1.54, 1.807) is 30.3 Å². The summed E-state index contributed by atoms with van der Waals surface area (Å²) >= 11 is 11.2. The van der Waals surface area contributed by atoms with Crippen LogP contribution in [0.25, 0.3) is 11.0 Å². The number of para-hydroxylation sites is 1. The largest absolute Gasteiger partial charge is 0.457 e. The number of hydrogen-bond acceptors (Lipinski definition) is 4. The predicted molar refractivity (Wildman–Crippen MR) is 118 cm³/mol. The molecule has 0 aliphatic heterocycles. The molecule has 1 heterocycles. The van der Waals surface area contributed by atoms with E-state index in [1.165, 1.54) is 0 Å². The molecule has 0 saturated carbocycles. The van der Waals surface area contributed by atoms with Gasteiger partial charge >= 0.3 is 0 Å². The normalized spacial score (nSPS) is 10.5. The lowest BCUT2D eigenvalue weighted by Gasteiger charge is -2.10. The molecule has 0 atom stereocenters. The lowest BCUT2D eigenvalue weighted by atomic mass is 10.2. The molecule has 5 nitrogen and oxygen atoms in total. The standard InChI is InChI=1S/C22H15ClN2O3S/c23-15-9-10-19-14(11-15)12-20(28-19)21(26)25-22(29)24-16-5-4-8-18(13-16)27-17-6-2-1-3-7-17/h1-13H,(H2,24,25,26,29). The van der Waals surface area contributed by atoms with E-state index in [0.717, 1.165) is 11.1 Å². The average Bonchev–Trinajstić information content (AvgIpc) is 3.12. The minimum Gasteiger partial charge on any atom is -0.457 e. The monoisotopic (exact) mass is 422 g/mol. The van der Waals surface area contributed by atoms with Gasteiger partial charge in [-0.25, -0.2) is 0 Å². The number of carbonyl (C=O) groups is 1. The van der Waals surface area contributed by atoms with Crippen LogP contribution in [0.15, 0.2) is 83.3 Å². The summed E-state index contributed by atoms with van der Waals surface area (Å²) < 4.78 is 11.3. The minimum atomic E-state index is -0.452. The van der Waals surface area contributed by atoms with E-state index in [1.807, 2.05) is 48.5 Å². The summed E-state index contributed by atoms with van der Waals surface area (Å²) in [5, 5.41) is 7.03. The van der Waals surface area contributed by atoms with Crippen LogP contribution < -0.4 is 15.4 Å². The Kier molecular flexibility index (Phi) is 5.46. The maximum Gasteiger partial charge on any atom is 0.293 e. The number of nitrogens with one attached hydrogen (secondary N) is 2. The highest BCUT2D eigenvalue weighted by atomic mass is 35.5. The zero-order valence-electron chi connectivity index (χ0n) is 15.0. The molecule has 7 heteroatoms. The maximum atomic E-state index is 12.4. The number of anilines is 1. The van der Waals surface area contributed by atoms with Gasteiger partial charge in [0.1, 0.15) is 17.1 Å². The number of ether oxygens (including phenoxy) is 1. The Labute approximate surface area is 177 Å². The van der Waals surface area contributed by atoms with E-state index >= 15 is 0 Å². The first-order valence-corrected chi connectivity index (χ1v) is 9.50. The van der Waals surface area contributed by atoms with E-state index in [0.29, 0.717) is 22.0 Å². The number of carbonyl (C=O) groups excluding carboxylic acids is 1. The van der Waals surface area contributed by atoms with Crippen molar-refractivity contribution in [3.63, 3.8) is 0 Å². The summed E-state index contributed by atoms with van der Waals surface area (Å²) in [6.45, 7) is 0. The summed E-state index contributed by atoms with van der Waals surface area (Å²) in [6, 6.07) is 23.5. The fraction of sp³-hybridized carbons (Fsp3) is 0. The molecule has 144 valence electrons. The van der Waals surface area contributed by atoms with Crippen molar-refractivity contribution >= 4 is 51.5 Å². The second-order valence-electron chi connectivity index (χ2n) is 6.14. The molecule has 0 bridgehead atoms. The van der Waals surface area contributed by atoms with Gasteiger partial charge in [0.05, 0.1) is 0 Å². The van der Waals surface area contributed by atoms with Gasteiger partial charge in [-0.15, -0.1) is 0 Å². The first-order valence-electron chi connectivity index (χ1n) is 8.71. The highest BCUT2D eigenvalue weighted by Gasteiger charge is 2.14. The van der Waals surface area contributed by atoms with Crippen molar-refractivity contribution in [1.82, 2.24) is 5.32 Å². The summed E-state index contributed by atoms with van der Waals surface area (Å²) in [5.74, 6) is 1.06. The summed E-state index contributed by atoms with van der Waals surface area (Å²) in [4.78, 5) is 12.4. The van der Waals surface area contributed by atoms with Crippen LogP contribution >= 0.6 is 23.8 Å². The first kappa shape index (κ1) is 19.0. The third kappa shape index (κ3) is 4.74. The Bertz CT molecular complexity index is 1190. The Hall–Kier alpha value is -3.35. The van der Waals surface area contributed by atoms with Gasteiger partial charge in [0.2, 0.25) is 0 Å². The Morgan fingerprint density at radius 2 is 1.72 bits per heavy atom. The number of benzene rings is 3. The van der Waals surface area contributed by atoms with E-state index in [-0.39, 0.29) is 10.9 Å². The number of thiocarbonyl (C=S) groups is 1. The van der Waals surface area contributed by atoms with Crippen LogP contribution in [0, 0.1) is 0 Å². The SMILES string of the molecule is O=C(NC(=S)Nc1cccc(Oc2ccccc2)c1)c1cc2cc(Cl)ccc2o1. The van der Waals surface area contributed by atoms with E-state index < -0.39 is 5.91 Å². The lowest BCUT2D eigenvalue weighted by molar-refractivity contribution is 0.0953. The van der Waals surface area contributed by atoms with Gasteiger partial charge in [0, 0.05) is 22.2 Å². The van der Waals surface area contributed by atoms with Crippen LogP contribution in [-0.2, 0) is 0 Å². The molecule has 1 aromatic heterocycles. The summed E-state index contributed by atoms with van der Waals surface area (Å²) in [7, 11) is 0. The number of amides is 1. The zero-order chi connectivity index (χ0) is 20.2. The number of rotatable bonds is 4. The zero-order valence-corrected chi connectivity index (χ0v) is 16.6. The molecular weight excluding hydrogens is 408 g/mol. The van der Waals surface area contributed by atoms with Gasteiger partial charge in [0.15, 0.2) is 10.9 Å². The van der Waals surface area contributed by atoms with Crippen molar-refractivity contribution < 1.29 is 13.9 Å². The van der Waals surface area contributed by atoms with E-state index in [2.05, 4.69) is 10.6 Å². The fourth-order valence-corrected chi connectivity index (χ4v) is 3.11. The topological polar surface area (TPSA) is 63.5 Å². The van der Waals surface area contributed by atoms with Gasteiger partial charge in [-0.3, -0.25) is 10.1 Å². The second-order valence-corrected chi connectivity index (χ2v) is 6.99. The third-order valence-corrected chi connectivity index (χ3v) is 4.44. The molecule has 29 heavy (non-hydrogen) atoms.